The molecule has 4 nitrogen and oxygen atoms in total. The highest BCUT2D eigenvalue weighted by atomic mass is 35.5. The molecule has 0 fully saturated rings. The van der Waals surface area contributed by atoms with Gasteiger partial charge in [-0.25, -0.2) is 0 Å². The van der Waals surface area contributed by atoms with Gasteiger partial charge in [0.15, 0.2) is 6.07 Å². The number of hydrogen-bond donors (Lipinski definition) is 0. The van der Waals surface area contributed by atoms with Gasteiger partial charge in [0.2, 0.25) is 0 Å². The van der Waals surface area contributed by atoms with E-state index in [2.05, 4.69) is 48.5 Å². The first-order chi connectivity index (χ1) is 9.06. The number of alkyl halides is 1. The van der Waals surface area contributed by atoms with Gasteiger partial charge >= 0.3 is 0 Å². The summed E-state index contributed by atoms with van der Waals surface area (Å²) in [6.07, 6.45) is 5.90. The van der Waals surface area contributed by atoms with Crippen molar-refractivity contribution in [3.63, 3.8) is 0 Å². The zero-order valence-electron chi connectivity index (χ0n) is 11.9. The van der Waals surface area contributed by atoms with Crippen molar-refractivity contribution < 1.29 is 9.53 Å². The molecule has 0 radical (unpaired) electrons. The van der Waals surface area contributed by atoms with Crippen molar-refractivity contribution in [2.24, 2.45) is 0 Å². The number of carbonyl (C=O) groups is 1. The number of anilines is 1. The fourth-order valence-electron chi connectivity index (χ4n) is 1.42. The van der Waals surface area contributed by atoms with E-state index in [9.17, 15) is 0 Å². The van der Waals surface area contributed by atoms with Crippen LogP contribution < -0.4 is 4.90 Å². The number of pyridine rings is 1. The van der Waals surface area contributed by atoms with Gasteiger partial charge in [-0.1, -0.05) is 17.2 Å². The molecule has 0 spiro atoms. The van der Waals surface area contributed by atoms with Crippen LogP contribution in [0.25, 0.3) is 0 Å². The van der Waals surface area contributed by atoms with E-state index in [1.165, 1.54) is 16.8 Å². The molecule has 0 aliphatic rings. The molecule has 0 aliphatic heterocycles. The SMILES string of the molecule is CCN(C=C(C)C)c1cnccc1C.O=COCCl. The summed E-state index contributed by atoms with van der Waals surface area (Å²) < 4.78 is 3.92. The second kappa shape index (κ2) is 10.4. The van der Waals surface area contributed by atoms with Crippen LogP contribution >= 0.6 is 11.6 Å². The predicted molar refractivity (Wildman–Crippen MR) is 79.3 cm³/mol. The Labute approximate surface area is 120 Å². The summed E-state index contributed by atoms with van der Waals surface area (Å²) in [6.45, 7) is 9.73. The molecule has 0 saturated carbocycles. The highest BCUT2D eigenvalue weighted by molar-refractivity contribution is 6.17. The summed E-state index contributed by atoms with van der Waals surface area (Å²) in [6, 6.07) is 1.99. The Bertz CT molecular complexity index is 404. The van der Waals surface area contributed by atoms with E-state index in [1.54, 1.807) is 0 Å². The van der Waals surface area contributed by atoms with E-state index in [0.29, 0.717) is 6.47 Å². The van der Waals surface area contributed by atoms with Crippen LogP contribution in [-0.2, 0) is 9.53 Å². The van der Waals surface area contributed by atoms with Gasteiger partial charge in [0.25, 0.3) is 6.47 Å². The molecule has 0 bridgehead atoms. The minimum atomic E-state index is -0.0521. The van der Waals surface area contributed by atoms with Crippen LogP contribution in [0.5, 0.6) is 0 Å². The Morgan fingerprint density at radius 1 is 1.53 bits per heavy atom. The monoisotopic (exact) mass is 284 g/mol. The van der Waals surface area contributed by atoms with Crippen molar-refractivity contribution in [3.05, 3.63) is 35.8 Å². The fraction of sp³-hybridized carbons (Fsp3) is 0.429. The van der Waals surface area contributed by atoms with Crippen molar-refractivity contribution in [2.45, 2.75) is 27.7 Å². The van der Waals surface area contributed by atoms with E-state index < -0.39 is 0 Å². The van der Waals surface area contributed by atoms with Gasteiger partial charge in [0.05, 0.1) is 11.9 Å². The lowest BCUT2D eigenvalue weighted by Crippen LogP contribution is -2.16. The van der Waals surface area contributed by atoms with E-state index in [0.717, 1.165) is 6.54 Å². The molecule has 1 aromatic rings. The van der Waals surface area contributed by atoms with E-state index in [1.807, 2.05) is 18.5 Å². The first-order valence-corrected chi connectivity index (χ1v) is 6.53. The van der Waals surface area contributed by atoms with Crippen molar-refractivity contribution >= 4 is 23.8 Å². The Kier molecular flexibility index (Phi) is 9.53. The quantitative estimate of drug-likeness (QED) is 0.613. The minimum Gasteiger partial charge on any atom is -0.452 e. The molecule has 1 rings (SSSR count). The number of rotatable bonds is 5. The maximum Gasteiger partial charge on any atom is 0.294 e. The lowest BCUT2D eigenvalue weighted by molar-refractivity contribution is -0.126. The number of aryl methyl sites for hydroxylation is 1. The maximum atomic E-state index is 9.10. The Morgan fingerprint density at radius 2 is 2.21 bits per heavy atom. The molecule has 106 valence electrons. The molecular weight excluding hydrogens is 264 g/mol. The van der Waals surface area contributed by atoms with Crippen molar-refractivity contribution in [1.82, 2.24) is 4.98 Å². The molecule has 1 heterocycles. The van der Waals surface area contributed by atoms with Crippen molar-refractivity contribution in [1.29, 1.82) is 0 Å². The molecule has 0 N–H and O–H groups in total. The van der Waals surface area contributed by atoms with Gasteiger partial charge in [-0.15, -0.1) is 0 Å². The first kappa shape index (κ1) is 17.4. The summed E-state index contributed by atoms with van der Waals surface area (Å²) in [7, 11) is 0. The average Bonchev–Trinajstić information content (AvgIpc) is 2.38. The number of aromatic nitrogens is 1. The van der Waals surface area contributed by atoms with Crippen molar-refractivity contribution in [2.75, 3.05) is 17.5 Å². The van der Waals surface area contributed by atoms with Crippen LogP contribution in [0.4, 0.5) is 5.69 Å². The lowest BCUT2D eigenvalue weighted by Gasteiger charge is -2.20. The van der Waals surface area contributed by atoms with Crippen LogP contribution in [0, 0.1) is 6.92 Å². The van der Waals surface area contributed by atoms with Crippen LogP contribution in [0.3, 0.4) is 0 Å². The molecule has 0 aromatic carbocycles. The molecule has 0 saturated heterocycles. The third-order valence-electron chi connectivity index (χ3n) is 2.21. The standard InChI is InChI=1S/C12H18N2.C2H3ClO2/c1-5-14(9-10(2)3)12-8-13-7-6-11(12)4;3-1-5-2-4/h6-9H,5H2,1-4H3;2H,1H2. The molecule has 5 heteroatoms. The summed E-state index contributed by atoms with van der Waals surface area (Å²) in [5, 5.41) is 0. The van der Waals surface area contributed by atoms with Gasteiger partial charge in [0, 0.05) is 18.9 Å². The molecule has 0 amide bonds. The molecule has 0 atom stereocenters. The van der Waals surface area contributed by atoms with Gasteiger partial charge in [-0.05, 0) is 39.3 Å². The van der Waals surface area contributed by atoms with E-state index in [4.69, 9.17) is 16.4 Å². The summed E-state index contributed by atoms with van der Waals surface area (Å²) in [4.78, 5) is 15.5. The first-order valence-electron chi connectivity index (χ1n) is 6.00. The zero-order chi connectivity index (χ0) is 14.7. The molecule has 0 unspecified atom stereocenters. The molecule has 0 aliphatic carbocycles. The van der Waals surface area contributed by atoms with Gasteiger partial charge in [0.1, 0.15) is 0 Å². The third-order valence-corrected chi connectivity index (χ3v) is 2.33. The lowest BCUT2D eigenvalue weighted by atomic mass is 10.2. The van der Waals surface area contributed by atoms with Gasteiger partial charge in [-0.2, -0.15) is 0 Å². The number of hydrogen-bond acceptors (Lipinski definition) is 4. The van der Waals surface area contributed by atoms with Gasteiger partial charge < -0.3 is 9.64 Å². The number of halogens is 1. The number of nitrogens with zero attached hydrogens (tertiary/aromatic N) is 2. The van der Waals surface area contributed by atoms with Crippen molar-refractivity contribution in [3.8, 4) is 0 Å². The Morgan fingerprint density at radius 3 is 2.58 bits per heavy atom. The zero-order valence-corrected chi connectivity index (χ0v) is 12.6. The third kappa shape index (κ3) is 7.47. The summed E-state index contributed by atoms with van der Waals surface area (Å²) >= 11 is 4.85. The number of allylic oxidation sites excluding steroid dienone is 1. The van der Waals surface area contributed by atoms with Crippen LogP contribution in [0.2, 0.25) is 0 Å². The number of carbonyl (C=O) groups excluding carboxylic acids is 1. The number of ether oxygens (including phenoxy) is 1. The normalized spacial score (nSPS) is 8.89. The molecule has 1 aromatic heterocycles. The summed E-state index contributed by atoms with van der Waals surface area (Å²) in [5.41, 5.74) is 3.76. The topological polar surface area (TPSA) is 42.4 Å². The predicted octanol–water partition coefficient (Wildman–Crippen LogP) is 3.50. The Hall–Kier alpha value is -1.55. The van der Waals surface area contributed by atoms with E-state index in [-0.39, 0.29) is 6.07 Å². The van der Waals surface area contributed by atoms with Crippen LogP contribution in [0.15, 0.2) is 30.2 Å². The maximum absolute atomic E-state index is 9.10. The summed E-state index contributed by atoms with van der Waals surface area (Å²) in [5.74, 6) is 0. The highest BCUT2D eigenvalue weighted by Crippen LogP contribution is 2.18. The largest absolute Gasteiger partial charge is 0.452 e. The van der Waals surface area contributed by atoms with Crippen LogP contribution in [-0.4, -0.2) is 24.1 Å². The van der Waals surface area contributed by atoms with E-state index >= 15 is 0 Å². The minimum absolute atomic E-state index is 0.0521. The van der Waals surface area contributed by atoms with Crippen LogP contribution in [0.1, 0.15) is 26.3 Å². The fourth-order valence-corrected chi connectivity index (χ4v) is 1.48. The second-order valence-electron chi connectivity index (χ2n) is 4.03. The smallest absolute Gasteiger partial charge is 0.294 e. The second-order valence-corrected chi connectivity index (χ2v) is 4.24. The highest BCUT2D eigenvalue weighted by Gasteiger charge is 2.03. The Balaban J connectivity index is 0.000000555. The average molecular weight is 285 g/mol. The molecular formula is C14H21ClN2O2. The molecule has 19 heavy (non-hydrogen) atoms. The van der Waals surface area contributed by atoms with Gasteiger partial charge in [-0.3, -0.25) is 9.78 Å².